The Balaban J connectivity index is 2.82. The third-order valence-corrected chi connectivity index (χ3v) is 3.16. The molecule has 1 heterocycles. The molecule has 0 aliphatic rings. The highest BCUT2D eigenvalue weighted by Crippen LogP contribution is 2.07. The van der Waals surface area contributed by atoms with E-state index in [4.69, 9.17) is 11.6 Å². The highest BCUT2D eigenvalue weighted by molar-refractivity contribution is 7.89. The van der Waals surface area contributed by atoms with Gasteiger partial charge in [0.05, 0.1) is 12.4 Å². The fourth-order valence-electron chi connectivity index (χ4n) is 0.799. The van der Waals surface area contributed by atoms with Gasteiger partial charge in [-0.15, -0.1) is 0 Å². The number of hydrogen-bond donors (Lipinski definition) is 1. The molecule has 0 saturated heterocycles. The smallest absolute Gasteiger partial charge is 0.225 e. The number of nitrogens with zero attached hydrogens (tertiary/aromatic N) is 2. The summed E-state index contributed by atoms with van der Waals surface area (Å²) in [6, 6.07) is 0. The quantitative estimate of drug-likeness (QED) is 0.810. The van der Waals surface area contributed by atoms with Gasteiger partial charge in [-0.2, -0.15) is 0 Å². The summed E-state index contributed by atoms with van der Waals surface area (Å²) in [7, 11) is -3.51. The third-order valence-electron chi connectivity index (χ3n) is 1.59. The van der Waals surface area contributed by atoms with Gasteiger partial charge in [-0.25, -0.2) is 23.1 Å². The highest BCUT2D eigenvalue weighted by atomic mass is 35.5. The van der Waals surface area contributed by atoms with E-state index in [-0.39, 0.29) is 16.1 Å². The molecule has 1 rings (SSSR count). The standard InChI is InChI=1S/C8H12ClN3O2S/c1-6(2)3-12-15(13,14)7-4-10-8(9)11-5-7/h4-6,12H,3H2,1-2H3. The topological polar surface area (TPSA) is 72.0 Å². The van der Waals surface area contributed by atoms with Crippen molar-refractivity contribution in [2.24, 2.45) is 5.92 Å². The SMILES string of the molecule is CC(C)CNS(=O)(=O)c1cnc(Cl)nc1. The Hall–Kier alpha value is -0.720. The maximum Gasteiger partial charge on any atom is 0.243 e. The molecule has 1 aromatic heterocycles. The van der Waals surface area contributed by atoms with Crippen LogP contribution in [0.1, 0.15) is 13.8 Å². The van der Waals surface area contributed by atoms with Crippen molar-refractivity contribution in [3.8, 4) is 0 Å². The summed E-state index contributed by atoms with van der Waals surface area (Å²) in [6.07, 6.45) is 2.36. The van der Waals surface area contributed by atoms with E-state index in [2.05, 4.69) is 14.7 Å². The summed E-state index contributed by atoms with van der Waals surface area (Å²) in [5.41, 5.74) is 0. The zero-order chi connectivity index (χ0) is 11.5. The lowest BCUT2D eigenvalue weighted by Crippen LogP contribution is -2.27. The average molecular weight is 250 g/mol. The number of nitrogens with one attached hydrogen (secondary N) is 1. The molecule has 0 saturated carbocycles. The zero-order valence-electron chi connectivity index (χ0n) is 8.44. The van der Waals surface area contributed by atoms with Gasteiger partial charge in [0, 0.05) is 6.54 Å². The van der Waals surface area contributed by atoms with E-state index in [1.807, 2.05) is 13.8 Å². The van der Waals surface area contributed by atoms with Gasteiger partial charge < -0.3 is 0 Å². The Kier molecular flexibility index (Phi) is 4.01. The lowest BCUT2D eigenvalue weighted by atomic mass is 10.2. The highest BCUT2D eigenvalue weighted by Gasteiger charge is 2.14. The van der Waals surface area contributed by atoms with Gasteiger partial charge in [0.2, 0.25) is 15.3 Å². The van der Waals surface area contributed by atoms with Crippen molar-refractivity contribution in [3.05, 3.63) is 17.7 Å². The van der Waals surface area contributed by atoms with Crippen molar-refractivity contribution in [2.45, 2.75) is 18.7 Å². The minimum absolute atomic E-state index is 0.0209. The van der Waals surface area contributed by atoms with E-state index in [1.165, 1.54) is 12.4 Å². The van der Waals surface area contributed by atoms with E-state index < -0.39 is 10.0 Å². The molecule has 0 fully saturated rings. The Bertz CT molecular complexity index is 416. The number of sulfonamides is 1. The molecule has 0 spiro atoms. The number of aromatic nitrogens is 2. The first-order valence-corrected chi connectivity index (χ1v) is 6.25. The number of halogens is 1. The molecular formula is C8H12ClN3O2S. The van der Waals surface area contributed by atoms with Crippen LogP contribution in [0.3, 0.4) is 0 Å². The second-order valence-electron chi connectivity index (χ2n) is 3.43. The molecule has 1 aromatic rings. The summed E-state index contributed by atoms with van der Waals surface area (Å²) in [6.45, 7) is 4.22. The minimum atomic E-state index is -3.51. The van der Waals surface area contributed by atoms with Crippen LogP contribution in [0.15, 0.2) is 17.3 Å². The summed E-state index contributed by atoms with van der Waals surface area (Å²) in [4.78, 5) is 7.24. The van der Waals surface area contributed by atoms with Crippen molar-refractivity contribution >= 4 is 21.6 Å². The Morgan fingerprint density at radius 2 is 1.93 bits per heavy atom. The molecular weight excluding hydrogens is 238 g/mol. The molecule has 0 bridgehead atoms. The van der Waals surface area contributed by atoms with Crippen LogP contribution in [0.5, 0.6) is 0 Å². The van der Waals surface area contributed by atoms with Crippen LogP contribution < -0.4 is 4.72 Å². The largest absolute Gasteiger partial charge is 0.243 e. The molecule has 0 aromatic carbocycles. The second-order valence-corrected chi connectivity index (χ2v) is 5.54. The molecule has 1 N–H and O–H groups in total. The zero-order valence-corrected chi connectivity index (χ0v) is 10.0. The molecule has 84 valence electrons. The monoisotopic (exact) mass is 249 g/mol. The second kappa shape index (κ2) is 4.87. The van der Waals surface area contributed by atoms with Crippen LogP contribution >= 0.6 is 11.6 Å². The van der Waals surface area contributed by atoms with Gasteiger partial charge in [-0.3, -0.25) is 0 Å². The molecule has 0 aliphatic carbocycles. The number of rotatable bonds is 4. The summed E-state index contributed by atoms with van der Waals surface area (Å²) >= 11 is 5.45. The summed E-state index contributed by atoms with van der Waals surface area (Å²) in [5, 5.41) is 0.0257. The van der Waals surface area contributed by atoms with Crippen LogP contribution in [0.4, 0.5) is 0 Å². The molecule has 15 heavy (non-hydrogen) atoms. The molecule has 0 amide bonds. The average Bonchev–Trinajstić information content (AvgIpc) is 2.16. The molecule has 0 atom stereocenters. The maximum absolute atomic E-state index is 11.6. The summed E-state index contributed by atoms with van der Waals surface area (Å²) < 4.78 is 25.7. The first-order valence-electron chi connectivity index (χ1n) is 4.39. The van der Waals surface area contributed by atoms with Crippen LogP contribution in [-0.2, 0) is 10.0 Å². The lowest BCUT2D eigenvalue weighted by Gasteiger charge is -2.07. The Morgan fingerprint density at radius 1 is 1.40 bits per heavy atom. The normalized spacial score (nSPS) is 12.0. The maximum atomic E-state index is 11.6. The predicted octanol–water partition coefficient (Wildman–Crippen LogP) is 1.06. The molecule has 0 radical (unpaired) electrons. The van der Waals surface area contributed by atoms with Crippen molar-refractivity contribution < 1.29 is 8.42 Å². The van der Waals surface area contributed by atoms with E-state index in [9.17, 15) is 8.42 Å². The van der Waals surface area contributed by atoms with E-state index in [0.717, 1.165) is 0 Å². The lowest BCUT2D eigenvalue weighted by molar-refractivity contribution is 0.559. The van der Waals surface area contributed by atoms with Crippen molar-refractivity contribution in [1.29, 1.82) is 0 Å². The van der Waals surface area contributed by atoms with Crippen LogP contribution in [0, 0.1) is 5.92 Å². The van der Waals surface area contributed by atoms with Gasteiger partial charge >= 0.3 is 0 Å². The van der Waals surface area contributed by atoms with Crippen LogP contribution in [0.2, 0.25) is 5.28 Å². The fraction of sp³-hybridized carbons (Fsp3) is 0.500. The summed E-state index contributed by atoms with van der Waals surface area (Å²) in [5.74, 6) is 0.244. The van der Waals surface area contributed by atoms with E-state index in [0.29, 0.717) is 6.54 Å². The molecule has 0 unspecified atom stereocenters. The molecule has 7 heteroatoms. The van der Waals surface area contributed by atoms with Gasteiger partial charge in [-0.1, -0.05) is 13.8 Å². The molecule has 5 nitrogen and oxygen atoms in total. The van der Waals surface area contributed by atoms with Crippen LogP contribution in [0.25, 0.3) is 0 Å². The van der Waals surface area contributed by atoms with Gasteiger partial charge in [0.1, 0.15) is 4.90 Å². The van der Waals surface area contributed by atoms with Crippen molar-refractivity contribution in [2.75, 3.05) is 6.54 Å². The van der Waals surface area contributed by atoms with Crippen LogP contribution in [-0.4, -0.2) is 24.9 Å². The predicted molar refractivity (Wildman–Crippen MR) is 57.1 cm³/mol. The fourth-order valence-corrected chi connectivity index (χ4v) is 2.00. The first kappa shape index (κ1) is 12.4. The molecule has 0 aliphatic heterocycles. The van der Waals surface area contributed by atoms with Crippen molar-refractivity contribution in [3.63, 3.8) is 0 Å². The number of hydrogen-bond acceptors (Lipinski definition) is 4. The first-order chi connectivity index (χ1) is 6.92. The Morgan fingerprint density at radius 3 is 2.40 bits per heavy atom. The minimum Gasteiger partial charge on any atom is -0.225 e. The van der Waals surface area contributed by atoms with E-state index in [1.54, 1.807) is 0 Å². The van der Waals surface area contributed by atoms with Crippen molar-refractivity contribution in [1.82, 2.24) is 14.7 Å². The Labute approximate surface area is 93.9 Å². The third kappa shape index (κ3) is 3.73. The van der Waals surface area contributed by atoms with Gasteiger partial charge in [0.25, 0.3) is 0 Å². The van der Waals surface area contributed by atoms with E-state index >= 15 is 0 Å². The van der Waals surface area contributed by atoms with Gasteiger partial charge in [0.15, 0.2) is 0 Å². The van der Waals surface area contributed by atoms with Gasteiger partial charge in [-0.05, 0) is 17.5 Å².